The van der Waals surface area contributed by atoms with Gasteiger partial charge in [0.05, 0.1) is 0 Å². The Hall–Kier alpha value is -2.01. The molecule has 1 fully saturated rings. The van der Waals surface area contributed by atoms with Crippen molar-refractivity contribution < 1.29 is 4.74 Å². The van der Waals surface area contributed by atoms with Crippen LogP contribution in [0.15, 0.2) is 36.9 Å². The van der Waals surface area contributed by atoms with Gasteiger partial charge in [-0.15, -0.1) is 0 Å². The van der Waals surface area contributed by atoms with Crippen molar-refractivity contribution in [1.82, 2.24) is 20.3 Å². The molecule has 98 valence electrons. The first-order valence-electron chi connectivity index (χ1n) is 6.52. The number of aromatic nitrogens is 3. The molecule has 5 nitrogen and oxygen atoms in total. The highest BCUT2D eigenvalue weighted by atomic mass is 16.5. The van der Waals surface area contributed by atoms with Crippen molar-refractivity contribution >= 4 is 0 Å². The maximum atomic E-state index is 6.01. The van der Waals surface area contributed by atoms with Crippen LogP contribution < -0.4 is 10.1 Å². The molecule has 3 heterocycles. The lowest BCUT2D eigenvalue weighted by Crippen LogP contribution is -2.34. The zero-order valence-electron chi connectivity index (χ0n) is 10.6. The van der Waals surface area contributed by atoms with Gasteiger partial charge in [0.25, 0.3) is 0 Å². The van der Waals surface area contributed by atoms with E-state index in [4.69, 9.17) is 4.74 Å². The highest BCUT2D eigenvalue weighted by Gasteiger charge is 2.18. The van der Waals surface area contributed by atoms with Crippen LogP contribution in [0.4, 0.5) is 0 Å². The number of piperidine rings is 1. The Balaban J connectivity index is 1.85. The minimum Gasteiger partial charge on any atom is -0.473 e. The Kier molecular flexibility index (Phi) is 3.65. The van der Waals surface area contributed by atoms with E-state index in [-0.39, 0.29) is 6.10 Å². The number of nitrogens with zero attached hydrogens (tertiary/aromatic N) is 3. The molecule has 1 N–H and O–H groups in total. The molecular formula is C14H16N4O. The van der Waals surface area contributed by atoms with Crippen molar-refractivity contribution in [3.63, 3.8) is 0 Å². The Morgan fingerprint density at radius 2 is 1.74 bits per heavy atom. The predicted octanol–water partition coefficient (Wildman–Crippen LogP) is 1.67. The zero-order valence-corrected chi connectivity index (χ0v) is 10.6. The summed E-state index contributed by atoms with van der Waals surface area (Å²) in [6.45, 7) is 1.99. The molecule has 1 aliphatic heterocycles. The molecule has 0 spiro atoms. The minimum absolute atomic E-state index is 0.221. The molecule has 0 radical (unpaired) electrons. The third kappa shape index (κ3) is 2.88. The van der Waals surface area contributed by atoms with Crippen LogP contribution in [0, 0.1) is 0 Å². The standard InChI is InChI=1S/C14H16N4O/c1-5-15-6-2-11(1)13-14(18-10-9-17-13)19-12-3-7-16-8-4-12/h1-2,5-6,9-10,12,16H,3-4,7-8H2. The Morgan fingerprint density at radius 1 is 1.00 bits per heavy atom. The lowest BCUT2D eigenvalue weighted by Gasteiger charge is -2.23. The molecule has 3 rings (SSSR count). The molecule has 0 aromatic carbocycles. The molecule has 0 amide bonds. The van der Waals surface area contributed by atoms with E-state index in [9.17, 15) is 0 Å². The maximum absolute atomic E-state index is 6.01. The van der Waals surface area contributed by atoms with Gasteiger partial charge in [0, 0.05) is 30.4 Å². The smallest absolute Gasteiger partial charge is 0.240 e. The summed E-state index contributed by atoms with van der Waals surface area (Å²) in [5.74, 6) is 0.612. The average Bonchev–Trinajstić information content (AvgIpc) is 2.50. The second-order valence-electron chi connectivity index (χ2n) is 4.51. The van der Waals surface area contributed by atoms with Crippen molar-refractivity contribution in [2.24, 2.45) is 0 Å². The highest BCUT2D eigenvalue weighted by Crippen LogP contribution is 2.26. The van der Waals surface area contributed by atoms with Gasteiger partial charge >= 0.3 is 0 Å². The molecule has 0 unspecified atom stereocenters. The fraction of sp³-hybridized carbons (Fsp3) is 0.357. The van der Waals surface area contributed by atoms with Gasteiger partial charge in [-0.05, 0) is 38.1 Å². The Morgan fingerprint density at radius 3 is 2.53 bits per heavy atom. The summed E-state index contributed by atoms with van der Waals surface area (Å²) >= 11 is 0. The van der Waals surface area contributed by atoms with E-state index in [1.54, 1.807) is 24.8 Å². The highest BCUT2D eigenvalue weighted by molar-refractivity contribution is 5.63. The second kappa shape index (κ2) is 5.75. The van der Waals surface area contributed by atoms with E-state index in [0.717, 1.165) is 37.2 Å². The lowest BCUT2D eigenvalue weighted by atomic mass is 10.1. The largest absolute Gasteiger partial charge is 0.473 e. The van der Waals surface area contributed by atoms with E-state index in [2.05, 4.69) is 20.3 Å². The summed E-state index contributed by atoms with van der Waals surface area (Å²) in [7, 11) is 0. The third-order valence-electron chi connectivity index (χ3n) is 3.18. The monoisotopic (exact) mass is 256 g/mol. The minimum atomic E-state index is 0.221. The zero-order chi connectivity index (χ0) is 12.9. The van der Waals surface area contributed by atoms with Crippen molar-refractivity contribution in [1.29, 1.82) is 0 Å². The SMILES string of the molecule is c1cc(-c2nccnc2OC2CCNCC2)ccn1. The van der Waals surface area contributed by atoms with Crippen LogP contribution in [0.2, 0.25) is 0 Å². The van der Waals surface area contributed by atoms with E-state index in [1.807, 2.05) is 12.1 Å². The van der Waals surface area contributed by atoms with Crippen LogP contribution in [-0.4, -0.2) is 34.1 Å². The van der Waals surface area contributed by atoms with Gasteiger partial charge in [0.1, 0.15) is 11.8 Å². The number of nitrogens with one attached hydrogen (secondary N) is 1. The first kappa shape index (κ1) is 12.0. The quantitative estimate of drug-likeness (QED) is 0.905. The van der Waals surface area contributed by atoms with Crippen molar-refractivity contribution in [3.8, 4) is 17.1 Å². The average molecular weight is 256 g/mol. The number of ether oxygens (including phenoxy) is 1. The predicted molar refractivity (Wildman–Crippen MR) is 71.8 cm³/mol. The number of pyridine rings is 1. The molecule has 19 heavy (non-hydrogen) atoms. The molecule has 1 saturated heterocycles. The van der Waals surface area contributed by atoms with Gasteiger partial charge in [0.2, 0.25) is 5.88 Å². The van der Waals surface area contributed by atoms with Crippen LogP contribution >= 0.6 is 0 Å². The molecule has 0 atom stereocenters. The Labute approximate surface area is 112 Å². The topological polar surface area (TPSA) is 59.9 Å². The fourth-order valence-electron chi connectivity index (χ4n) is 2.19. The summed E-state index contributed by atoms with van der Waals surface area (Å²) in [5.41, 5.74) is 1.76. The maximum Gasteiger partial charge on any atom is 0.240 e. The first-order chi connectivity index (χ1) is 9.43. The van der Waals surface area contributed by atoms with Gasteiger partial charge in [-0.1, -0.05) is 0 Å². The summed E-state index contributed by atoms with van der Waals surface area (Å²) in [4.78, 5) is 12.7. The third-order valence-corrected chi connectivity index (χ3v) is 3.18. The summed E-state index contributed by atoms with van der Waals surface area (Å²) < 4.78 is 6.01. The Bertz CT molecular complexity index is 526. The fourth-order valence-corrected chi connectivity index (χ4v) is 2.19. The summed E-state index contributed by atoms with van der Waals surface area (Å²) in [5, 5.41) is 3.32. The number of hydrogen-bond acceptors (Lipinski definition) is 5. The number of rotatable bonds is 3. The van der Waals surface area contributed by atoms with Crippen molar-refractivity contribution in [2.45, 2.75) is 18.9 Å². The molecule has 0 bridgehead atoms. The van der Waals surface area contributed by atoms with Crippen LogP contribution in [0.5, 0.6) is 5.88 Å². The molecule has 2 aromatic rings. The molecule has 2 aromatic heterocycles. The molecule has 5 heteroatoms. The van der Waals surface area contributed by atoms with Crippen LogP contribution in [-0.2, 0) is 0 Å². The van der Waals surface area contributed by atoms with E-state index < -0.39 is 0 Å². The van der Waals surface area contributed by atoms with Gasteiger partial charge in [-0.25, -0.2) is 9.97 Å². The molecular weight excluding hydrogens is 240 g/mol. The van der Waals surface area contributed by atoms with E-state index in [0.29, 0.717) is 5.88 Å². The van der Waals surface area contributed by atoms with Crippen molar-refractivity contribution in [3.05, 3.63) is 36.9 Å². The van der Waals surface area contributed by atoms with Crippen molar-refractivity contribution in [2.75, 3.05) is 13.1 Å². The summed E-state index contributed by atoms with van der Waals surface area (Å²) in [6, 6.07) is 3.83. The van der Waals surface area contributed by atoms with Gasteiger partial charge < -0.3 is 10.1 Å². The van der Waals surface area contributed by atoms with E-state index in [1.165, 1.54) is 0 Å². The van der Waals surface area contributed by atoms with Crippen LogP contribution in [0.3, 0.4) is 0 Å². The van der Waals surface area contributed by atoms with E-state index >= 15 is 0 Å². The van der Waals surface area contributed by atoms with Crippen LogP contribution in [0.25, 0.3) is 11.3 Å². The molecule has 0 saturated carbocycles. The first-order valence-corrected chi connectivity index (χ1v) is 6.52. The molecule has 0 aliphatic carbocycles. The van der Waals surface area contributed by atoms with Gasteiger partial charge in [-0.3, -0.25) is 4.98 Å². The number of hydrogen-bond donors (Lipinski definition) is 1. The normalized spacial score (nSPS) is 16.2. The van der Waals surface area contributed by atoms with Crippen LogP contribution in [0.1, 0.15) is 12.8 Å². The van der Waals surface area contributed by atoms with Gasteiger partial charge in [0.15, 0.2) is 0 Å². The summed E-state index contributed by atoms with van der Waals surface area (Å²) in [6.07, 6.45) is 9.08. The molecule has 1 aliphatic rings. The lowest BCUT2D eigenvalue weighted by molar-refractivity contribution is 0.156. The van der Waals surface area contributed by atoms with Gasteiger partial charge in [-0.2, -0.15) is 0 Å². The second-order valence-corrected chi connectivity index (χ2v) is 4.51.